The number of benzene rings is 1. The third kappa shape index (κ3) is 3.81. The van der Waals surface area contributed by atoms with E-state index in [0.29, 0.717) is 6.42 Å². The second-order valence-electron chi connectivity index (χ2n) is 5.25. The second kappa shape index (κ2) is 7.41. The molecule has 0 radical (unpaired) electrons. The predicted octanol–water partition coefficient (Wildman–Crippen LogP) is 2.08. The number of carbonyl (C=O) groups is 1. The maximum Gasteiger partial charge on any atom is 0.228 e. The van der Waals surface area contributed by atoms with E-state index in [9.17, 15) is 4.79 Å². The highest BCUT2D eigenvalue weighted by Crippen LogP contribution is 2.26. The highest BCUT2D eigenvalue weighted by molar-refractivity contribution is 5.99. The third-order valence-electron chi connectivity index (χ3n) is 3.73. The van der Waals surface area contributed by atoms with Crippen LogP contribution >= 0.6 is 0 Å². The Bertz CT molecular complexity index is 460. The highest BCUT2D eigenvalue weighted by atomic mass is 16.5. The molecular weight excluding hydrogens is 252 g/mol. The van der Waals surface area contributed by atoms with Gasteiger partial charge in [-0.2, -0.15) is 0 Å². The number of fused-ring (bicyclic) bond motifs is 1. The van der Waals surface area contributed by atoms with Crippen LogP contribution in [0.15, 0.2) is 18.2 Å². The van der Waals surface area contributed by atoms with Gasteiger partial charge in [0.15, 0.2) is 0 Å². The van der Waals surface area contributed by atoms with Gasteiger partial charge >= 0.3 is 0 Å². The van der Waals surface area contributed by atoms with E-state index in [1.54, 1.807) is 7.11 Å². The van der Waals surface area contributed by atoms with Gasteiger partial charge in [-0.15, -0.1) is 0 Å². The highest BCUT2D eigenvalue weighted by Gasteiger charge is 2.20. The number of hydrogen-bond acceptors (Lipinski definition) is 3. The van der Waals surface area contributed by atoms with Crippen LogP contribution in [0.3, 0.4) is 0 Å². The average molecular weight is 276 g/mol. The van der Waals surface area contributed by atoms with Gasteiger partial charge in [-0.05, 0) is 36.6 Å². The molecule has 0 atom stereocenters. The molecule has 2 rings (SSSR count). The molecule has 0 saturated carbocycles. The van der Waals surface area contributed by atoms with E-state index in [-0.39, 0.29) is 5.91 Å². The van der Waals surface area contributed by atoms with Crippen LogP contribution in [0.5, 0.6) is 0 Å². The summed E-state index contributed by atoms with van der Waals surface area (Å²) in [7, 11) is 1.74. The molecule has 1 aliphatic heterocycles. The van der Waals surface area contributed by atoms with Gasteiger partial charge in [-0.25, -0.2) is 0 Å². The summed E-state index contributed by atoms with van der Waals surface area (Å²) >= 11 is 0. The van der Waals surface area contributed by atoms with Crippen molar-refractivity contribution < 1.29 is 9.53 Å². The molecule has 1 N–H and O–H groups in total. The number of nitrogens with zero attached hydrogens (tertiary/aromatic N) is 1. The lowest BCUT2D eigenvalue weighted by molar-refractivity contribution is -0.115. The van der Waals surface area contributed by atoms with Crippen LogP contribution < -0.4 is 5.32 Å². The van der Waals surface area contributed by atoms with Gasteiger partial charge < -0.3 is 15.0 Å². The van der Waals surface area contributed by atoms with Crippen molar-refractivity contribution in [3.63, 3.8) is 0 Å². The molecule has 0 bridgehead atoms. The molecule has 1 heterocycles. The van der Waals surface area contributed by atoms with Crippen molar-refractivity contribution in [2.75, 3.05) is 38.7 Å². The largest absolute Gasteiger partial charge is 0.383 e. The first-order valence-electron chi connectivity index (χ1n) is 7.36. The van der Waals surface area contributed by atoms with Crippen molar-refractivity contribution in [1.29, 1.82) is 0 Å². The molecule has 0 aliphatic carbocycles. The van der Waals surface area contributed by atoms with Crippen molar-refractivity contribution in [2.45, 2.75) is 26.2 Å². The average Bonchev–Trinajstić information content (AvgIpc) is 2.82. The Kier molecular flexibility index (Phi) is 5.56. The molecule has 0 spiro atoms. The molecule has 0 aromatic heterocycles. The first-order chi connectivity index (χ1) is 9.74. The maximum atomic E-state index is 11.5. The van der Waals surface area contributed by atoms with Crippen molar-refractivity contribution in [1.82, 2.24) is 4.90 Å². The zero-order valence-corrected chi connectivity index (χ0v) is 12.4. The van der Waals surface area contributed by atoms with Crippen LogP contribution in [-0.4, -0.2) is 44.2 Å². The van der Waals surface area contributed by atoms with E-state index in [1.165, 1.54) is 11.1 Å². The molecule has 1 aromatic rings. The zero-order valence-electron chi connectivity index (χ0n) is 12.4. The monoisotopic (exact) mass is 276 g/mol. The number of anilines is 1. The minimum Gasteiger partial charge on any atom is -0.383 e. The van der Waals surface area contributed by atoms with Crippen LogP contribution in [0.2, 0.25) is 0 Å². The Balaban J connectivity index is 1.96. The van der Waals surface area contributed by atoms with Crippen molar-refractivity contribution in [2.24, 2.45) is 0 Å². The number of ether oxygens (including phenoxy) is 1. The Hall–Kier alpha value is -1.39. The minimum atomic E-state index is 0.109. The topological polar surface area (TPSA) is 41.6 Å². The van der Waals surface area contributed by atoms with Crippen molar-refractivity contribution in [3.8, 4) is 0 Å². The second-order valence-corrected chi connectivity index (χ2v) is 5.25. The normalized spacial score (nSPS) is 13.7. The fraction of sp³-hybridized carbons (Fsp3) is 0.562. The molecule has 110 valence electrons. The van der Waals surface area contributed by atoms with E-state index in [4.69, 9.17) is 4.74 Å². The first-order valence-corrected chi connectivity index (χ1v) is 7.36. The minimum absolute atomic E-state index is 0.109. The van der Waals surface area contributed by atoms with Crippen molar-refractivity contribution in [3.05, 3.63) is 29.3 Å². The summed E-state index contributed by atoms with van der Waals surface area (Å²) in [6.45, 7) is 6.05. The molecule has 1 aromatic carbocycles. The SMILES string of the molecule is CCCN(CCOC)CCc1cccc2c1CC(=O)N2. The lowest BCUT2D eigenvalue weighted by Crippen LogP contribution is -2.30. The van der Waals surface area contributed by atoms with E-state index in [1.807, 2.05) is 12.1 Å². The van der Waals surface area contributed by atoms with Gasteiger partial charge in [0.1, 0.15) is 0 Å². The van der Waals surface area contributed by atoms with Crippen LogP contribution in [0.4, 0.5) is 5.69 Å². The predicted molar refractivity (Wildman–Crippen MR) is 81.1 cm³/mol. The molecular formula is C16H24N2O2. The Morgan fingerprint density at radius 2 is 2.15 bits per heavy atom. The van der Waals surface area contributed by atoms with Crippen LogP contribution in [0, 0.1) is 0 Å². The zero-order chi connectivity index (χ0) is 14.4. The lowest BCUT2D eigenvalue weighted by Gasteiger charge is -2.21. The van der Waals surface area contributed by atoms with E-state index in [2.05, 4.69) is 23.2 Å². The molecule has 0 unspecified atom stereocenters. The van der Waals surface area contributed by atoms with Gasteiger partial charge in [0, 0.05) is 25.9 Å². The molecule has 4 nitrogen and oxygen atoms in total. The summed E-state index contributed by atoms with van der Waals surface area (Å²) in [5.41, 5.74) is 3.46. The van der Waals surface area contributed by atoms with E-state index >= 15 is 0 Å². The number of rotatable bonds is 8. The summed E-state index contributed by atoms with van der Waals surface area (Å²) in [4.78, 5) is 13.9. The quantitative estimate of drug-likeness (QED) is 0.790. The first kappa shape index (κ1) is 15.0. The molecule has 0 saturated heterocycles. The summed E-state index contributed by atoms with van der Waals surface area (Å²) < 4.78 is 5.16. The van der Waals surface area contributed by atoms with Crippen molar-refractivity contribution >= 4 is 11.6 Å². The van der Waals surface area contributed by atoms with Gasteiger partial charge in [0.2, 0.25) is 5.91 Å². The van der Waals surface area contributed by atoms with Gasteiger partial charge in [0.05, 0.1) is 13.0 Å². The van der Waals surface area contributed by atoms with E-state index in [0.717, 1.165) is 44.8 Å². The fourth-order valence-corrected chi connectivity index (χ4v) is 2.70. The fourth-order valence-electron chi connectivity index (χ4n) is 2.70. The number of methoxy groups -OCH3 is 1. The van der Waals surface area contributed by atoms with Gasteiger partial charge in [0.25, 0.3) is 0 Å². The molecule has 20 heavy (non-hydrogen) atoms. The maximum absolute atomic E-state index is 11.5. The smallest absolute Gasteiger partial charge is 0.228 e. The van der Waals surface area contributed by atoms with Gasteiger partial charge in [-0.1, -0.05) is 19.1 Å². The third-order valence-corrected chi connectivity index (χ3v) is 3.73. The number of carbonyl (C=O) groups excluding carboxylic acids is 1. The van der Waals surface area contributed by atoms with Crippen LogP contribution in [-0.2, 0) is 22.4 Å². The molecule has 1 amide bonds. The molecule has 1 aliphatic rings. The van der Waals surface area contributed by atoms with E-state index < -0.39 is 0 Å². The standard InChI is InChI=1S/C16H24N2O2/c1-3-8-18(10-11-20-2)9-7-13-5-4-6-15-14(13)12-16(19)17-15/h4-6H,3,7-12H2,1-2H3,(H,17,19). The number of hydrogen-bond donors (Lipinski definition) is 1. The van der Waals surface area contributed by atoms with Crippen LogP contribution in [0.1, 0.15) is 24.5 Å². The summed E-state index contributed by atoms with van der Waals surface area (Å²) in [5.74, 6) is 0.109. The molecule has 0 fully saturated rings. The van der Waals surface area contributed by atoms with Crippen LogP contribution in [0.25, 0.3) is 0 Å². The summed E-state index contributed by atoms with van der Waals surface area (Å²) in [6, 6.07) is 6.15. The summed E-state index contributed by atoms with van der Waals surface area (Å²) in [5, 5.41) is 2.91. The van der Waals surface area contributed by atoms with Gasteiger partial charge in [-0.3, -0.25) is 4.79 Å². The lowest BCUT2D eigenvalue weighted by atomic mass is 10.0. The Morgan fingerprint density at radius 1 is 1.30 bits per heavy atom. The number of amides is 1. The Labute approximate surface area is 121 Å². The Morgan fingerprint density at radius 3 is 2.90 bits per heavy atom. The molecule has 4 heteroatoms. The summed E-state index contributed by atoms with van der Waals surface area (Å²) in [6.07, 6.45) is 2.66. The number of nitrogens with one attached hydrogen (secondary N) is 1.